The van der Waals surface area contributed by atoms with Crippen LogP contribution < -0.4 is 4.74 Å². The second-order valence-corrected chi connectivity index (χ2v) is 6.72. The van der Waals surface area contributed by atoms with Crippen LogP contribution in [0.25, 0.3) is 0 Å². The topological polar surface area (TPSA) is 80.7 Å². The van der Waals surface area contributed by atoms with Gasteiger partial charge in [0.25, 0.3) is 10.1 Å². The van der Waals surface area contributed by atoms with Crippen molar-refractivity contribution in [3.05, 3.63) is 24.3 Å². The van der Waals surface area contributed by atoms with E-state index in [1.165, 1.54) is 0 Å². The molecule has 0 fully saturated rings. The van der Waals surface area contributed by atoms with E-state index >= 15 is 0 Å². The van der Waals surface area contributed by atoms with Crippen LogP contribution in [0.3, 0.4) is 0 Å². The van der Waals surface area contributed by atoms with E-state index in [-0.39, 0.29) is 5.75 Å². The second-order valence-electron chi connectivity index (χ2n) is 3.77. The molecule has 1 atom stereocenters. The smallest absolute Gasteiger partial charge is 0.264 e. The van der Waals surface area contributed by atoms with Crippen LogP contribution in [0.5, 0.6) is 5.75 Å². The fraction of sp³-hybridized carbons (Fsp3) is 0.455. The minimum atomic E-state index is -3.87. The largest absolute Gasteiger partial charge is 0.494 e. The fourth-order valence-corrected chi connectivity index (χ4v) is 2.39. The quantitative estimate of drug-likeness (QED) is 0.608. The number of benzene rings is 1. The van der Waals surface area contributed by atoms with Crippen LogP contribution in [-0.4, -0.2) is 35.8 Å². The highest BCUT2D eigenvalue weighted by molar-refractivity contribution is 7.85. The molecule has 1 aromatic carbocycles. The van der Waals surface area contributed by atoms with E-state index in [1.807, 2.05) is 0 Å². The van der Waals surface area contributed by atoms with Gasteiger partial charge in [0.05, 0.1) is 12.4 Å². The van der Waals surface area contributed by atoms with Crippen LogP contribution in [-0.2, 0) is 20.9 Å². The number of hydrogen-bond acceptors (Lipinski definition) is 4. The maximum atomic E-state index is 11.1. The number of unbranched alkanes of at least 4 members (excludes halogenated alkanes) is 1. The normalized spacial score (nSPS) is 13.2. The van der Waals surface area contributed by atoms with E-state index in [1.54, 1.807) is 30.5 Å². The van der Waals surface area contributed by atoms with Gasteiger partial charge < -0.3 is 4.74 Å². The molecule has 1 aromatic rings. The molecule has 0 saturated carbocycles. The highest BCUT2D eigenvalue weighted by Gasteiger charge is 2.03. The first-order valence-corrected chi connectivity index (χ1v) is 8.57. The lowest BCUT2D eigenvalue weighted by Crippen LogP contribution is -2.06. The minimum Gasteiger partial charge on any atom is -0.494 e. The summed E-state index contributed by atoms with van der Waals surface area (Å²) >= 11 is 0. The third kappa shape index (κ3) is 6.13. The summed E-state index contributed by atoms with van der Waals surface area (Å²) in [4.78, 5) is 0.730. The van der Waals surface area contributed by atoms with Gasteiger partial charge in [-0.2, -0.15) is 8.42 Å². The third-order valence-corrected chi connectivity index (χ3v) is 3.96. The highest BCUT2D eigenvalue weighted by Crippen LogP contribution is 2.14. The molecule has 0 amide bonds. The van der Waals surface area contributed by atoms with Gasteiger partial charge >= 0.3 is 0 Å². The standard InChI is InChI=1S/C11H16O5S2/c1-17(12)11-6-4-10(5-7-11)16-8-2-3-9-18(13,14)15/h4-7H,2-3,8-9H2,1H3,(H,13,14,15). The molecule has 1 rings (SSSR count). The van der Waals surface area contributed by atoms with Gasteiger partial charge in [-0.3, -0.25) is 8.76 Å². The minimum absolute atomic E-state index is 0.246. The lowest BCUT2D eigenvalue weighted by atomic mass is 10.3. The first-order valence-electron chi connectivity index (χ1n) is 5.40. The zero-order chi connectivity index (χ0) is 13.6. The Morgan fingerprint density at radius 3 is 2.33 bits per heavy atom. The van der Waals surface area contributed by atoms with Crippen LogP contribution in [0.2, 0.25) is 0 Å². The predicted octanol–water partition coefficient (Wildman–Crippen LogP) is 1.47. The molecule has 0 bridgehead atoms. The molecule has 1 unspecified atom stereocenters. The first kappa shape index (κ1) is 15.1. The summed E-state index contributed by atoms with van der Waals surface area (Å²) in [6.07, 6.45) is 2.50. The molecule has 1 N–H and O–H groups in total. The summed E-state index contributed by atoms with van der Waals surface area (Å²) in [6, 6.07) is 6.90. The molecule has 0 aliphatic carbocycles. The van der Waals surface area contributed by atoms with Crippen LogP contribution in [0.1, 0.15) is 12.8 Å². The third-order valence-electron chi connectivity index (χ3n) is 2.22. The Kier molecular flexibility index (Phi) is 5.77. The molecule has 18 heavy (non-hydrogen) atoms. The summed E-state index contributed by atoms with van der Waals surface area (Å²) in [5, 5.41) is 0. The summed E-state index contributed by atoms with van der Waals surface area (Å²) in [6.45, 7) is 0.379. The van der Waals surface area contributed by atoms with Gasteiger partial charge in [0.1, 0.15) is 5.75 Å². The van der Waals surface area contributed by atoms with Gasteiger partial charge in [-0.25, -0.2) is 0 Å². The van der Waals surface area contributed by atoms with Crippen LogP contribution in [0.4, 0.5) is 0 Å². The maximum Gasteiger partial charge on any atom is 0.264 e. The van der Waals surface area contributed by atoms with Gasteiger partial charge in [0, 0.05) is 22.0 Å². The zero-order valence-corrected chi connectivity index (χ0v) is 11.7. The Labute approximate surface area is 109 Å². The highest BCUT2D eigenvalue weighted by atomic mass is 32.2. The van der Waals surface area contributed by atoms with Crippen molar-refractivity contribution in [2.24, 2.45) is 0 Å². The van der Waals surface area contributed by atoms with Gasteiger partial charge in [0.2, 0.25) is 0 Å². The molecule has 0 saturated heterocycles. The lowest BCUT2D eigenvalue weighted by molar-refractivity contribution is 0.309. The van der Waals surface area contributed by atoms with E-state index in [4.69, 9.17) is 9.29 Å². The monoisotopic (exact) mass is 292 g/mol. The summed E-state index contributed by atoms with van der Waals surface area (Å²) in [7, 11) is -4.88. The summed E-state index contributed by atoms with van der Waals surface area (Å²) in [5.74, 6) is 0.403. The Morgan fingerprint density at radius 2 is 1.83 bits per heavy atom. The predicted molar refractivity (Wildman–Crippen MR) is 69.9 cm³/mol. The first-order chi connectivity index (χ1) is 8.38. The SMILES string of the molecule is CS(=O)c1ccc(OCCCCS(=O)(=O)O)cc1. The average Bonchev–Trinajstić information content (AvgIpc) is 2.27. The molecule has 102 valence electrons. The summed E-state index contributed by atoms with van der Waals surface area (Å²) < 4.78 is 45.9. The molecule has 7 heteroatoms. The van der Waals surface area contributed by atoms with Crippen molar-refractivity contribution in [3.8, 4) is 5.75 Å². The van der Waals surface area contributed by atoms with Gasteiger partial charge in [-0.15, -0.1) is 0 Å². The van der Waals surface area contributed by atoms with E-state index in [0.29, 0.717) is 25.2 Å². The van der Waals surface area contributed by atoms with Crippen molar-refractivity contribution in [1.29, 1.82) is 0 Å². The molecule has 5 nitrogen and oxygen atoms in total. The molecule has 0 spiro atoms. The Bertz CT molecular complexity index is 493. The zero-order valence-electron chi connectivity index (χ0n) is 10.0. The van der Waals surface area contributed by atoms with Crippen LogP contribution in [0.15, 0.2) is 29.2 Å². The average molecular weight is 292 g/mol. The van der Waals surface area contributed by atoms with Crippen LogP contribution >= 0.6 is 0 Å². The molecule has 0 radical (unpaired) electrons. The molecular formula is C11H16O5S2. The van der Waals surface area contributed by atoms with Crippen LogP contribution in [0, 0.1) is 0 Å². The van der Waals surface area contributed by atoms with Crippen molar-refractivity contribution in [3.63, 3.8) is 0 Å². The van der Waals surface area contributed by atoms with E-state index in [0.717, 1.165) is 4.90 Å². The van der Waals surface area contributed by atoms with Crippen molar-refractivity contribution in [1.82, 2.24) is 0 Å². The number of ether oxygens (including phenoxy) is 1. The number of hydrogen-bond donors (Lipinski definition) is 1. The molecular weight excluding hydrogens is 276 g/mol. The Morgan fingerprint density at radius 1 is 1.22 bits per heavy atom. The van der Waals surface area contributed by atoms with E-state index in [9.17, 15) is 12.6 Å². The lowest BCUT2D eigenvalue weighted by Gasteiger charge is -2.06. The van der Waals surface area contributed by atoms with E-state index < -0.39 is 20.9 Å². The fourth-order valence-electron chi connectivity index (χ4n) is 1.30. The molecule has 0 aliphatic rings. The maximum absolute atomic E-state index is 11.1. The van der Waals surface area contributed by atoms with Gasteiger partial charge in [-0.1, -0.05) is 0 Å². The molecule has 0 aromatic heterocycles. The summed E-state index contributed by atoms with van der Waals surface area (Å²) in [5.41, 5.74) is 0. The van der Waals surface area contributed by atoms with Gasteiger partial charge in [0.15, 0.2) is 0 Å². The van der Waals surface area contributed by atoms with Gasteiger partial charge in [-0.05, 0) is 37.1 Å². The van der Waals surface area contributed by atoms with Crippen molar-refractivity contribution >= 4 is 20.9 Å². The Hall–Kier alpha value is -0.920. The van der Waals surface area contributed by atoms with Crippen molar-refractivity contribution in [2.75, 3.05) is 18.6 Å². The second kappa shape index (κ2) is 6.86. The van der Waals surface area contributed by atoms with Crippen molar-refractivity contribution in [2.45, 2.75) is 17.7 Å². The molecule has 0 aliphatic heterocycles. The van der Waals surface area contributed by atoms with Crippen molar-refractivity contribution < 1.29 is 21.9 Å². The molecule has 0 heterocycles. The number of rotatable bonds is 7. The Balaban J connectivity index is 2.29. The van der Waals surface area contributed by atoms with E-state index in [2.05, 4.69) is 0 Å².